The van der Waals surface area contributed by atoms with Crippen molar-refractivity contribution < 1.29 is 29.0 Å². The molecular formula is C16H22N2O6. The lowest BCUT2D eigenvalue weighted by molar-refractivity contribution is -0.138. The molecule has 1 atom stereocenters. The molecule has 24 heavy (non-hydrogen) atoms. The largest absolute Gasteiger partial charge is 0.497 e. The second-order valence-electron chi connectivity index (χ2n) is 5.41. The quantitative estimate of drug-likeness (QED) is 0.641. The van der Waals surface area contributed by atoms with E-state index < -0.39 is 30.4 Å². The number of ether oxygens (including phenoxy) is 2. The number of carbonyl (C=O) groups excluding carboxylic acids is 2. The van der Waals surface area contributed by atoms with Crippen LogP contribution in [-0.4, -0.2) is 49.7 Å². The summed E-state index contributed by atoms with van der Waals surface area (Å²) in [5, 5.41) is 13.5. The number of carbonyl (C=O) groups is 3. The SMILES string of the molecule is COc1cc(OC)cc(C(=O)NC(C(=O)NCC(=O)O)C(C)C)c1. The van der Waals surface area contributed by atoms with E-state index in [1.54, 1.807) is 19.9 Å². The molecule has 0 aliphatic heterocycles. The van der Waals surface area contributed by atoms with E-state index in [-0.39, 0.29) is 11.5 Å². The lowest BCUT2D eigenvalue weighted by atomic mass is 10.0. The van der Waals surface area contributed by atoms with Gasteiger partial charge < -0.3 is 25.2 Å². The Balaban J connectivity index is 2.92. The monoisotopic (exact) mass is 338 g/mol. The molecule has 0 saturated heterocycles. The van der Waals surface area contributed by atoms with Crippen molar-refractivity contribution in [2.24, 2.45) is 5.92 Å². The number of aliphatic carboxylic acids is 1. The van der Waals surface area contributed by atoms with Gasteiger partial charge in [0.25, 0.3) is 5.91 Å². The van der Waals surface area contributed by atoms with Crippen molar-refractivity contribution in [3.63, 3.8) is 0 Å². The summed E-state index contributed by atoms with van der Waals surface area (Å²) in [4.78, 5) is 35.0. The fraction of sp³-hybridized carbons (Fsp3) is 0.438. The van der Waals surface area contributed by atoms with Crippen molar-refractivity contribution >= 4 is 17.8 Å². The average Bonchev–Trinajstić information content (AvgIpc) is 2.56. The van der Waals surface area contributed by atoms with Crippen molar-refractivity contribution in [2.75, 3.05) is 20.8 Å². The lowest BCUT2D eigenvalue weighted by Gasteiger charge is -2.21. The van der Waals surface area contributed by atoms with Gasteiger partial charge in [0.2, 0.25) is 5.91 Å². The molecule has 0 aromatic heterocycles. The number of amides is 2. The topological polar surface area (TPSA) is 114 Å². The molecule has 0 heterocycles. The van der Waals surface area contributed by atoms with Crippen molar-refractivity contribution in [3.05, 3.63) is 23.8 Å². The summed E-state index contributed by atoms with van der Waals surface area (Å²) in [6.45, 7) is 2.99. The number of carboxylic acid groups (broad SMARTS) is 1. The van der Waals surface area contributed by atoms with E-state index in [0.717, 1.165) is 0 Å². The first-order chi connectivity index (χ1) is 11.3. The van der Waals surface area contributed by atoms with Crippen LogP contribution in [0.5, 0.6) is 11.5 Å². The summed E-state index contributed by atoms with van der Waals surface area (Å²) in [6.07, 6.45) is 0. The maximum atomic E-state index is 12.4. The van der Waals surface area contributed by atoms with Gasteiger partial charge in [0.1, 0.15) is 24.1 Å². The minimum Gasteiger partial charge on any atom is -0.497 e. The van der Waals surface area contributed by atoms with Gasteiger partial charge in [-0.3, -0.25) is 14.4 Å². The van der Waals surface area contributed by atoms with Crippen LogP contribution in [-0.2, 0) is 9.59 Å². The molecule has 0 radical (unpaired) electrons. The van der Waals surface area contributed by atoms with Crippen LogP contribution in [0.1, 0.15) is 24.2 Å². The van der Waals surface area contributed by atoms with Gasteiger partial charge in [-0.05, 0) is 18.1 Å². The first-order valence-corrected chi connectivity index (χ1v) is 7.32. The zero-order chi connectivity index (χ0) is 18.3. The number of benzene rings is 1. The van der Waals surface area contributed by atoms with Crippen LogP contribution in [0, 0.1) is 5.92 Å². The summed E-state index contributed by atoms with van der Waals surface area (Å²) >= 11 is 0. The number of hydrogen-bond acceptors (Lipinski definition) is 5. The van der Waals surface area contributed by atoms with Gasteiger partial charge in [-0.2, -0.15) is 0 Å². The highest BCUT2D eigenvalue weighted by molar-refractivity contribution is 5.98. The minimum absolute atomic E-state index is 0.227. The Labute approximate surface area is 140 Å². The molecule has 3 N–H and O–H groups in total. The second-order valence-corrected chi connectivity index (χ2v) is 5.41. The Kier molecular flexibility index (Phi) is 7.03. The smallest absolute Gasteiger partial charge is 0.322 e. The van der Waals surface area contributed by atoms with Crippen molar-refractivity contribution in [1.29, 1.82) is 0 Å². The van der Waals surface area contributed by atoms with Gasteiger partial charge in [0, 0.05) is 11.6 Å². The minimum atomic E-state index is -1.16. The molecule has 1 rings (SSSR count). The number of carboxylic acids is 1. The molecule has 0 spiro atoms. The van der Waals surface area contributed by atoms with Gasteiger partial charge in [-0.15, -0.1) is 0 Å². The Hall–Kier alpha value is -2.77. The maximum Gasteiger partial charge on any atom is 0.322 e. The predicted molar refractivity (Wildman–Crippen MR) is 86.3 cm³/mol. The molecule has 0 aliphatic carbocycles. The fourth-order valence-corrected chi connectivity index (χ4v) is 1.97. The normalized spacial score (nSPS) is 11.5. The number of rotatable bonds is 8. The van der Waals surface area contributed by atoms with Crippen molar-refractivity contribution in [1.82, 2.24) is 10.6 Å². The van der Waals surface area contributed by atoms with E-state index in [9.17, 15) is 14.4 Å². The zero-order valence-corrected chi connectivity index (χ0v) is 14.1. The third-order valence-electron chi connectivity index (χ3n) is 3.26. The maximum absolute atomic E-state index is 12.4. The molecule has 0 saturated carbocycles. The Morgan fingerprint density at radius 3 is 2.04 bits per heavy atom. The summed E-state index contributed by atoms with van der Waals surface area (Å²) < 4.78 is 10.2. The molecule has 132 valence electrons. The number of hydrogen-bond donors (Lipinski definition) is 3. The Bertz CT molecular complexity index is 592. The average molecular weight is 338 g/mol. The molecule has 2 amide bonds. The van der Waals surface area contributed by atoms with E-state index in [1.165, 1.54) is 26.4 Å². The highest BCUT2D eigenvalue weighted by atomic mass is 16.5. The van der Waals surface area contributed by atoms with Crippen molar-refractivity contribution in [2.45, 2.75) is 19.9 Å². The molecule has 1 aromatic rings. The van der Waals surface area contributed by atoms with E-state index in [1.807, 2.05) is 0 Å². The van der Waals surface area contributed by atoms with Crippen LogP contribution in [0.15, 0.2) is 18.2 Å². The van der Waals surface area contributed by atoms with Crippen LogP contribution in [0.25, 0.3) is 0 Å². The predicted octanol–water partition coefficient (Wildman–Crippen LogP) is 0.659. The van der Waals surface area contributed by atoms with Gasteiger partial charge in [0.05, 0.1) is 14.2 Å². The summed E-state index contributed by atoms with van der Waals surface area (Å²) in [5.41, 5.74) is 0.267. The number of nitrogens with one attached hydrogen (secondary N) is 2. The fourth-order valence-electron chi connectivity index (χ4n) is 1.97. The van der Waals surface area contributed by atoms with E-state index in [0.29, 0.717) is 11.5 Å². The molecule has 0 bridgehead atoms. The standard InChI is InChI=1S/C16H22N2O6/c1-9(2)14(16(22)17-8-13(19)20)18-15(21)10-5-11(23-3)7-12(6-10)24-4/h5-7,9,14H,8H2,1-4H3,(H,17,22)(H,18,21)(H,19,20). The highest BCUT2D eigenvalue weighted by Gasteiger charge is 2.25. The Morgan fingerprint density at radius 1 is 1.08 bits per heavy atom. The summed E-state index contributed by atoms with van der Waals surface area (Å²) in [6, 6.07) is 3.79. The van der Waals surface area contributed by atoms with Gasteiger partial charge in [0.15, 0.2) is 0 Å². The van der Waals surface area contributed by atoms with Crippen LogP contribution in [0.3, 0.4) is 0 Å². The number of methoxy groups -OCH3 is 2. The van der Waals surface area contributed by atoms with Crippen LogP contribution in [0.2, 0.25) is 0 Å². The first-order valence-electron chi connectivity index (χ1n) is 7.32. The van der Waals surface area contributed by atoms with E-state index in [2.05, 4.69) is 10.6 Å². The lowest BCUT2D eigenvalue weighted by Crippen LogP contribution is -2.50. The zero-order valence-electron chi connectivity index (χ0n) is 14.1. The van der Waals surface area contributed by atoms with Crippen LogP contribution in [0.4, 0.5) is 0 Å². The Morgan fingerprint density at radius 2 is 1.62 bits per heavy atom. The van der Waals surface area contributed by atoms with Gasteiger partial charge >= 0.3 is 5.97 Å². The molecule has 0 fully saturated rings. The van der Waals surface area contributed by atoms with Crippen molar-refractivity contribution in [3.8, 4) is 11.5 Å². The van der Waals surface area contributed by atoms with Gasteiger partial charge in [-0.25, -0.2) is 0 Å². The third-order valence-corrected chi connectivity index (χ3v) is 3.26. The molecule has 0 aliphatic rings. The summed E-state index contributed by atoms with van der Waals surface area (Å²) in [5.74, 6) is -1.55. The molecule has 8 heteroatoms. The van der Waals surface area contributed by atoms with Gasteiger partial charge in [-0.1, -0.05) is 13.8 Å². The van der Waals surface area contributed by atoms with Crippen LogP contribution < -0.4 is 20.1 Å². The highest BCUT2D eigenvalue weighted by Crippen LogP contribution is 2.22. The molecule has 8 nitrogen and oxygen atoms in total. The van der Waals surface area contributed by atoms with E-state index in [4.69, 9.17) is 14.6 Å². The summed E-state index contributed by atoms with van der Waals surface area (Å²) in [7, 11) is 2.93. The third kappa shape index (κ3) is 5.45. The first kappa shape index (κ1) is 19.3. The van der Waals surface area contributed by atoms with Crippen LogP contribution >= 0.6 is 0 Å². The molecular weight excluding hydrogens is 316 g/mol. The second kappa shape index (κ2) is 8.76. The molecule has 1 unspecified atom stereocenters. The molecule has 1 aromatic carbocycles. The van der Waals surface area contributed by atoms with E-state index >= 15 is 0 Å².